The fraction of sp³-hybridized carbons (Fsp3) is 0.500. The molecule has 0 aliphatic rings. The molecule has 0 aromatic heterocycles. The monoisotopic (exact) mass is 258 g/mol. The first-order chi connectivity index (χ1) is 9.19. The van der Waals surface area contributed by atoms with Gasteiger partial charge in [0, 0.05) is 6.04 Å². The smallest absolute Gasteiger partial charge is 0.242 e. The lowest BCUT2D eigenvalue weighted by atomic mass is 9.99. The number of hydrogen-bond acceptors (Lipinski definition) is 2. The second-order valence-corrected chi connectivity index (χ2v) is 4.88. The van der Waals surface area contributed by atoms with Crippen LogP contribution < -0.4 is 5.32 Å². The summed E-state index contributed by atoms with van der Waals surface area (Å²) in [5.74, 6) is -0.910. The molecule has 2 unspecified atom stereocenters. The van der Waals surface area contributed by atoms with Crippen molar-refractivity contribution in [3.63, 3.8) is 0 Å². The Morgan fingerprint density at radius 3 is 2.58 bits per heavy atom. The van der Waals surface area contributed by atoms with Crippen LogP contribution in [-0.2, 0) is 4.79 Å². The van der Waals surface area contributed by atoms with Crippen molar-refractivity contribution in [3.8, 4) is 6.07 Å². The minimum Gasteiger partial charge on any atom is -0.352 e. The molecule has 0 aliphatic carbocycles. The zero-order valence-electron chi connectivity index (χ0n) is 11.7. The lowest BCUT2D eigenvalue weighted by Crippen LogP contribution is -2.35. The molecule has 0 radical (unpaired) electrons. The van der Waals surface area contributed by atoms with Gasteiger partial charge in [-0.05, 0) is 18.9 Å². The molecular weight excluding hydrogens is 236 g/mol. The number of rotatable bonds is 7. The Morgan fingerprint density at radius 2 is 2.00 bits per heavy atom. The van der Waals surface area contributed by atoms with Gasteiger partial charge in [-0.25, -0.2) is 0 Å². The van der Waals surface area contributed by atoms with Gasteiger partial charge in [0.1, 0.15) is 5.92 Å². The SMILES string of the molecule is CCCCCC(C)NC(=O)C(C#N)c1ccccc1. The number of amides is 1. The molecule has 2 atom stereocenters. The summed E-state index contributed by atoms with van der Waals surface area (Å²) in [6.07, 6.45) is 4.43. The normalized spacial score (nSPS) is 13.3. The van der Waals surface area contributed by atoms with Gasteiger partial charge >= 0.3 is 0 Å². The molecule has 0 fully saturated rings. The van der Waals surface area contributed by atoms with Crippen LogP contribution in [0.25, 0.3) is 0 Å². The average Bonchev–Trinajstić information content (AvgIpc) is 2.41. The Morgan fingerprint density at radius 1 is 1.32 bits per heavy atom. The van der Waals surface area contributed by atoms with E-state index in [9.17, 15) is 4.79 Å². The van der Waals surface area contributed by atoms with Gasteiger partial charge in [-0.3, -0.25) is 4.79 Å². The highest BCUT2D eigenvalue weighted by Gasteiger charge is 2.20. The number of nitrogens with one attached hydrogen (secondary N) is 1. The minimum absolute atomic E-state index is 0.124. The lowest BCUT2D eigenvalue weighted by molar-refractivity contribution is -0.122. The quantitative estimate of drug-likeness (QED) is 0.762. The maximum absolute atomic E-state index is 12.1. The molecule has 1 aromatic carbocycles. The van der Waals surface area contributed by atoms with Crippen molar-refractivity contribution in [2.75, 3.05) is 0 Å². The molecule has 3 nitrogen and oxygen atoms in total. The van der Waals surface area contributed by atoms with Gasteiger partial charge in [-0.1, -0.05) is 56.5 Å². The first-order valence-electron chi connectivity index (χ1n) is 6.94. The molecule has 3 heteroatoms. The highest BCUT2D eigenvalue weighted by atomic mass is 16.1. The van der Waals surface area contributed by atoms with Gasteiger partial charge in [0.05, 0.1) is 6.07 Å². The van der Waals surface area contributed by atoms with Crippen molar-refractivity contribution in [3.05, 3.63) is 35.9 Å². The fourth-order valence-electron chi connectivity index (χ4n) is 2.03. The standard InChI is InChI=1S/C16H22N2O/c1-3-4-6-9-13(2)18-16(19)15(12-17)14-10-7-5-8-11-14/h5,7-8,10-11,13,15H,3-4,6,9H2,1-2H3,(H,18,19). The lowest BCUT2D eigenvalue weighted by Gasteiger charge is -2.16. The molecule has 1 aromatic rings. The molecule has 1 rings (SSSR count). The Kier molecular flexibility index (Phi) is 6.67. The number of unbranched alkanes of at least 4 members (excludes halogenated alkanes) is 2. The number of carbonyl (C=O) groups excluding carboxylic acids is 1. The van der Waals surface area contributed by atoms with Crippen LogP contribution in [0, 0.1) is 11.3 Å². The van der Waals surface area contributed by atoms with E-state index in [2.05, 4.69) is 18.3 Å². The summed E-state index contributed by atoms with van der Waals surface area (Å²) >= 11 is 0. The van der Waals surface area contributed by atoms with Crippen molar-refractivity contribution in [1.82, 2.24) is 5.32 Å². The molecule has 0 saturated carbocycles. The maximum Gasteiger partial charge on any atom is 0.242 e. The summed E-state index contributed by atoms with van der Waals surface area (Å²) in [4.78, 5) is 12.1. The molecule has 102 valence electrons. The highest BCUT2D eigenvalue weighted by Crippen LogP contribution is 2.15. The van der Waals surface area contributed by atoms with Crippen molar-refractivity contribution in [1.29, 1.82) is 5.26 Å². The van der Waals surface area contributed by atoms with E-state index < -0.39 is 5.92 Å². The van der Waals surface area contributed by atoms with E-state index in [4.69, 9.17) is 5.26 Å². The molecule has 0 spiro atoms. The van der Waals surface area contributed by atoms with E-state index >= 15 is 0 Å². The van der Waals surface area contributed by atoms with Crippen LogP contribution in [0.4, 0.5) is 0 Å². The van der Waals surface area contributed by atoms with Crippen LogP contribution >= 0.6 is 0 Å². The Balaban J connectivity index is 2.54. The van der Waals surface area contributed by atoms with Crippen LogP contribution in [0.5, 0.6) is 0 Å². The predicted molar refractivity (Wildman–Crippen MR) is 76.5 cm³/mol. The van der Waals surface area contributed by atoms with E-state index in [1.807, 2.05) is 37.3 Å². The van der Waals surface area contributed by atoms with E-state index in [1.54, 1.807) is 0 Å². The summed E-state index contributed by atoms with van der Waals surface area (Å²) in [6.45, 7) is 4.15. The molecule has 1 amide bonds. The molecular formula is C16H22N2O. The number of carbonyl (C=O) groups is 1. The van der Waals surface area contributed by atoms with Gasteiger partial charge < -0.3 is 5.32 Å². The number of nitriles is 1. The average molecular weight is 258 g/mol. The summed E-state index contributed by atoms with van der Waals surface area (Å²) in [6, 6.07) is 11.4. The topological polar surface area (TPSA) is 52.9 Å². The van der Waals surface area contributed by atoms with Crippen LogP contribution in [0.2, 0.25) is 0 Å². The van der Waals surface area contributed by atoms with Crippen LogP contribution in [0.3, 0.4) is 0 Å². The summed E-state index contributed by atoms with van der Waals surface area (Å²) in [5, 5.41) is 12.1. The zero-order valence-corrected chi connectivity index (χ0v) is 11.7. The molecule has 19 heavy (non-hydrogen) atoms. The summed E-state index contributed by atoms with van der Waals surface area (Å²) in [5.41, 5.74) is 0.753. The molecule has 0 saturated heterocycles. The van der Waals surface area contributed by atoms with E-state index in [0.717, 1.165) is 18.4 Å². The third kappa shape index (κ3) is 5.13. The third-order valence-electron chi connectivity index (χ3n) is 3.15. The van der Waals surface area contributed by atoms with Crippen molar-refractivity contribution >= 4 is 5.91 Å². The summed E-state index contributed by atoms with van der Waals surface area (Å²) in [7, 11) is 0. The molecule has 1 N–H and O–H groups in total. The van der Waals surface area contributed by atoms with Crippen LogP contribution in [0.1, 0.15) is 51.0 Å². The third-order valence-corrected chi connectivity index (χ3v) is 3.15. The Labute approximate surface area is 115 Å². The van der Waals surface area contributed by atoms with Crippen molar-refractivity contribution < 1.29 is 4.79 Å². The molecule has 0 bridgehead atoms. The first-order valence-corrected chi connectivity index (χ1v) is 6.94. The van der Waals surface area contributed by atoms with Gasteiger partial charge in [0.25, 0.3) is 0 Å². The van der Waals surface area contributed by atoms with Crippen molar-refractivity contribution in [2.24, 2.45) is 0 Å². The predicted octanol–water partition coefficient (Wildman–Crippen LogP) is 3.38. The van der Waals surface area contributed by atoms with Crippen LogP contribution in [-0.4, -0.2) is 11.9 Å². The Bertz CT molecular complexity index is 422. The number of hydrogen-bond donors (Lipinski definition) is 1. The first kappa shape index (κ1) is 15.2. The zero-order chi connectivity index (χ0) is 14.1. The maximum atomic E-state index is 12.1. The van der Waals surface area contributed by atoms with Crippen LogP contribution in [0.15, 0.2) is 30.3 Å². The van der Waals surface area contributed by atoms with Gasteiger partial charge in [-0.15, -0.1) is 0 Å². The molecule has 0 aliphatic heterocycles. The van der Waals surface area contributed by atoms with Crippen molar-refractivity contribution in [2.45, 2.75) is 51.5 Å². The van der Waals surface area contributed by atoms with E-state index in [-0.39, 0.29) is 11.9 Å². The number of nitrogens with zero attached hydrogens (tertiary/aromatic N) is 1. The van der Waals surface area contributed by atoms with Gasteiger partial charge in [0.2, 0.25) is 5.91 Å². The molecule has 0 heterocycles. The highest BCUT2D eigenvalue weighted by molar-refractivity contribution is 5.86. The second-order valence-electron chi connectivity index (χ2n) is 4.88. The number of benzene rings is 1. The summed E-state index contributed by atoms with van der Waals surface area (Å²) < 4.78 is 0. The van der Waals surface area contributed by atoms with Gasteiger partial charge in [0.15, 0.2) is 0 Å². The van der Waals surface area contributed by atoms with E-state index in [1.165, 1.54) is 12.8 Å². The second kappa shape index (κ2) is 8.31. The van der Waals surface area contributed by atoms with Gasteiger partial charge in [-0.2, -0.15) is 5.26 Å². The Hall–Kier alpha value is -1.82. The van der Waals surface area contributed by atoms with E-state index in [0.29, 0.717) is 0 Å². The largest absolute Gasteiger partial charge is 0.352 e. The fourth-order valence-corrected chi connectivity index (χ4v) is 2.03. The minimum atomic E-state index is -0.713.